The summed E-state index contributed by atoms with van der Waals surface area (Å²) in [6, 6.07) is 1.41. The maximum atomic E-state index is 11.8. The molecular weight excluding hydrogens is 282 g/mol. The van der Waals surface area contributed by atoms with Crippen molar-refractivity contribution >= 4 is 26.0 Å². The molecule has 86 valence electrons. The first-order valence-electron chi connectivity index (χ1n) is 4.43. The van der Waals surface area contributed by atoms with E-state index in [1.807, 2.05) is 6.92 Å². The lowest BCUT2D eigenvalue weighted by Gasteiger charge is -2.28. The molecule has 1 atom stereocenters. The number of hydrogen-bond donors (Lipinski definition) is 2. The molecule has 1 aromatic heterocycles. The maximum absolute atomic E-state index is 11.8. The maximum Gasteiger partial charge on any atom is 0.257 e. The smallest absolute Gasteiger partial charge is 0.257 e. The Morgan fingerprint density at radius 3 is 2.60 bits per heavy atom. The zero-order valence-corrected chi connectivity index (χ0v) is 11.2. The molecule has 0 spiro atoms. The topological polar surface area (TPSA) is 74.8 Å². The van der Waals surface area contributed by atoms with E-state index in [-0.39, 0.29) is 9.85 Å². The van der Waals surface area contributed by atoms with E-state index < -0.39 is 15.6 Å². The number of hydrogen-bond acceptors (Lipinski definition) is 3. The molecule has 0 radical (unpaired) electrons. The average molecular weight is 296 g/mol. The van der Waals surface area contributed by atoms with Crippen molar-refractivity contribution in [3.63, 3.8) is 0 Å². The van der Waals surface area contributed by atoms with Crippen molar-refractivity contribution < 1.29 is 8.42 Å². The zero-order chi connectivity index (χ0) is 11.7. The van der Waals surface area contributed by atoms with E-state index in [4.69, 9.17) is 0 Å². The number of H-pyrrole nitrogens is 1. The van der Waals surface area contributed by atoms with E-state index in [0.717, 1.165) is 0 Å². The standard InChI is InChI=1S/C8H14BrN3O2S/c1-6(9)8(2,3)12-15(13,14)7-4-5-10-11-7/h4-6,12H,1-3H3,(H,10,11). The van der Waals surface area contributed by atoms with Gasteiger partial charge in [0.2, 0.25) is 0 Å². The minimum Gasteiger partial charge on any atom is -0.266 e. The normalized spacial score (nSPS) is 15.2. The highest BCUT2D eigenvalue weighted by atomic mass is 79.9. The molecular formula is C8H14BrN3O2S. The first-order valence-corrected chi connectivity index (χ1v) is 6.83. The fourth-order valence-electron chi connectivity index (χ4n) is 0.875. The number of aromatic nitrogens is 2. The average Bonchev–Trinajstić information content (AvgIpc) is 2.53. The Balaban J connectivity index is 2.92. The molecule has 1 aromatic rings. The van der Waals surface area contributed by atoms with Gasteiger partial charge in [-0.2, -0.15) is 5.10 Å². The summed E-state index contributed by atoms with van der Waals surface area (Å²) in [5, 5.41) is 6.10. The van der Waals surface area contributed by atoms with Crippen molar-refractivity contribution in [2.24, 2.45) is 0 Å². The molecule has 0 aliphatic heterocycles. The fourth-order valence-corrected chi connectivity index (χ4v) is 2.53. The summed E-state index contributed by atoms with van der Waals surface area (Å²) in [4.78, 5) is 0.0164. The number of aromatic amines is 1. The van der Waals surface area contributed by atoms with Gasteiger partial charge >= 0.3 is 0 Å². The first kappa shape index (κ1) is 12.7. The van der Waals surface area contributed by atoms with Gasteiger partial charge in [-0.25, -0.2) is 13.1 Å². The third-order valence-electron chi connectivity index (χ3n) is 2.16. The van der Waals surface area contributed by atoms with Crippen LogP contribution in [0, 0.1) is 0 Å². The fraction of sp³-hybridized carbons (Fsp3) is 0.625. The number of rotatable bonds is 4. The Bertz CT molecular complexity index is 411. The molecule has 0 saturated carbocycles. The second-order valence-corrected chi connectivity index (χ2v) is 6.89. The summed E-state index contributed by atoms with van der Waals surface area (Å²) in [6.07, 6.45) is 1.40. The molecule has 0 saturated heterocycles. The molecule has 0 fully saturated rings. The lowest BCUT2D eigenvalue weighted by atomic mass is 10.0. The molecule has 0 bridgehead atoms. The van der Waals surface area contributed by atoms with Gasteiger partial charge in [0.25, 0.3) is 10.0 Å². The van der Waals surface area contributed by atoms with Crippen LogP contribution in [0.15, 0.2) is 17.3 Å². The molecule has 15 heavy (non-hydrogen) atoms. The Morgan fingerprint density at radius 1 is 1.60 bits per heavy atom. The molecule has 2 N–H and O–H groups in total. The first-order chi connectivity index (χ1) is 6.76. The van der Waals surface area contributed by atoms with Crippen molar-refractivity contribution in [1.82, 2.24) is 14.9 Å². The van der Waals surface area contributed by atoms with Gasteiger partial charge in [-0.05, 0) is 19.9 Å². The number of alkyl halides is 1. The van der Waals surface area contributed by atoms with Crippen molar-refractivity contribution in [3.8, 4) is 0 Å². The molecule has 1 rings (SSSR count). The van der Waals surface area contributed by atoms with E-state index in [1.54, 1.807) is 13.8 Å². The second-order valence-electron chi connectivity index (χ2n) is 3.86. The lowest BCUT2D eigenvalue weighted by molar-refractivity contribution is 0.452. The van der Waals surface area contributed by atoms with Gasteiger partial charge < -0.3 is 0 Å². The van der Waals surface area contributed by atoms with Gasteiger partial charge in [-0.1, -0.05) is 22.9 Å². The summed E-state index contributed by atoms with van der Waals surface area (Å²) >= 11 is 3.36. The summed E-state index contributed by atoms with van der Waals surface area (Å²) in [5.41, 5.74) is -0.566. The van der Waals surface area contributed by atoms with Crippen LogP contribution < -0.4 is 4.72 Å². The largest absolute Gasteiger partial charge is 0.266 e. The number of nitrogens with one attached hydrogen (secondary N) is 2. The van der Waals surface area contributed by atoms with Gasteiger partial charge in [0.1, 0.15) is 0 Å². The minimum absolute atomic E-state index is 0.0164. The van der Waals surface area contributed by atoms with Crippen molar-refractivity contribution in [3.05, 3.63) is 12.3 Å². The lowest BCUT2D eigenvalue weighted by Crippen LogP contribution is -2.48. The Hall–Kier alpha value is -0.400. The Labute approximate surface area is 97.8 Å². The molecule has 0 aliphatic carbocycles. The van der Waals surface area contributed by atoms with Crippen LogP contribution in [0.25, 0.3) is 0 Å². The summed E-state index contributed by atoms with van der Waals surface area (Å²) in [5.74, 6) is 0. The molecule has 1 heterocycles. The highest BCUT2D eigenvalue weighted by Crippen LogP contribution is 2.19. The molecule has 1 unspecified atom stereocenters. The SMILES string of the molecule is CC(Br)C(C)(C)NS(=O)(=O)c1ccn[nH]1. The Morgan fingerprint density at radius 2 is 2.20 bits per heavy atom. The number of nitrogens with zero attached hydrogens (tertiary/aromatic N) is 1. The van der Waals surface area contributed by atoms with Crippen LogP contribution in [0.5, 0.6) is 0 Å². The third kappa shape index (κ3) is 3.02. The van der Waals surface area contributed by atoms with Crippen LogP contribution in [-0.2, 0) is 10.0 Å². The van der Waals surface area contributed by atoms with E-state index in [9.17, 15) is 8.42 Å². The van der Waals surface area contributed by atoms with E-state index >= 15 is 0 Å². The molecule has 0 amide bonds. The second kappa shape index (κ2) is 4.23. The van der Waals surface area contributed by atoms with Gasteiger partial charge in [0.15, 0.2) is 5.03 Å². The van der Waals surface area contributed by atoms with Crippen molar-refractivity contribution in [2.45, 2.75) is 36.2 Å². The molecule has 5 nitrogen and oxygen atoms in total. The predicted molar refractivity (Wildman–Crippen MR) is 61.4 cm³/mol. The summed E-state index contributed by atoms with van der Waals surface area (Å²) in [7, 11) is -3.52. The molecule has 7 heteroatoms. The van der Waals surface area contributed by atoms with E-state index in [2.05, 4.69) is 30.8 Å². The minimum atomic E-state index is -3.52. The highest BCUT2D eigenvalue weighted by molar-refractivity contribution is 9.09. The Kier molecular flexibility index (Phi) is 3.57. The van der Waals surface area contributed by atoms with Gasteiger partial charge in [-0.3, -0.25) is 5.10 Å². The van der Waals surface area contributed by atoms with E-state index in [1.165, 1.54) is 12.3 Å². The zero-order valence-electron chi connectivity index (χ0n) is 8.78. The van der Waals surface area contributed by atoms with Crippen LogP contribution in [-0.4, -0.2) is 29.0 Å². The highest BCUT2D eigenvalue weighted by Gasteiger charge is 2.30. The van der Waals surface area contributed by atoms with Crippen molar-refractivity contribution in [2.75, 3.05) is 0 Å². The third-order valence-corrected chi connectivity index (χ3v) is 4.90. The summed E-state index contributed by atoms with van der Waals surface area (Å²) in [6.45, 7) is 5.50. The van der Waals surface area contributed by atoms with Gasteiger partial charge in [-0.15, -0.1) is 0 Å². The quantitative estimate of drug-likeness (QED) is 0.821. The van der Waals surface area contributed by atoms with Crippen LogP contribution >= 0.6 is 15.9 Å². The van der Waals surface area contributed by atoms with Crippen molar-refractivity contribution in [1.29, 1.82) is 0 Å². The van der Waals surface area contributed by atoms with Gasteiger partial charge in [0, 0.05) is 10.4 Å². The van der Waals surface area contributed by atoms with Crippen LogP contribution in [0.4, 0.5) is 0 Å². The van der Waals surface area contributed by atoms with Gasteiger partial charge in [0.05, 0.1) is 6.20 Å². The monoisotopic (exact) mass is 295 g/mol. The van der Waals surface area contributed by atoms with E-state index in [0.29, 0.717) is 0 Å². The number of sulfonamides is 1. The van der Waals surface area contributed by atoms with Crippen LogP contribution in [0.3, 0.4) is 0 Å². The number of halogens is 1. The predicted octanol–water partition coefficient (Wildman–Crippen LogP) is 1.25. The molecule has 0 aliphatic rings. The van der Waals surface area contributed by atoms with Crippen LogP contribution in [0.2, 0.25) is 0 Å². The molecule has 0 aromatic carbocycles. The van der Waals surface area contributed by atoms with Crippen LogP contribution in [0.1, 0.15) is 20.8 Å². The summed E-state index contributed by atoms with van der Waals surface area (Å²) < 4.78 is 26.2.